The zero-order chi connectivity index (χ0) is 9.56. The van der Waals surface area contributed by atoms with Gasteiger partial charge in [0.2, 0.25) is 0 Å². The normalized spacial score (nSPS) is 14.2. The lowest BCUT2D eigenvalue weighted by Crippen LogP contribution is -2.40. The van der Waals surface area contributed by atoms with Crippen LogP contribution in [-0.2, 0) is 0 Å². The van der Waals surface area contributed by atoms with Gasteiger partial charge in [-0.05, 0) is 19.4 Å². The van der Waals surface area contributed by atoms with Crippen molar-refractivity contribution >= 4 is 0 Å². The molecule has 0 amide bonds. The molecule has 0 radical (unpaired) electrons. The third-order valence-electron chi connectivity index (χ3n) is 1.62. The summed E-state index contributed by atoms with van der Waals surface area (Å²) >= 11 is 0. The first-order chi connectivity index (χ1) is 5.52. The maximum Gasteiger partial charge on any atom is 0.0166 e. The molecule has 0 aromatic carbocycles. The fourth-order valence-electron chi connectivity index (χ4n) is 1.22. The van der Waals surface area contributed by atoms with Crippen molar-refractivity contribution in [2.45, 2.75) is 46.7 Å². The lowest BCUT2D eigenvalue weighted by atomic mass is 10.2. The van der Waals surface area contributed by atoms with E-state index >= 15 is 0 Å². The highest BCUT2D eigenvalue weighted by molar-refractivity contribution is 4.66. The van der Waals surface area contributed by atoms with Gasteiger partial charge in [0.25, 0.3) is 0 Å². The maximum absolute atomic E-state index is 3.45. The van der Waals surface area contributed by atoms with E-state index in [4.69, 9.17) is 0 Å². The van der Waals surface area contributed by atoms with Crippen LogP contribution < -0.4 is 10.6 Å². The molecule has 0 aromatic heterocycles. The molecule has 1 unspecified atom stereocenters. The van der Waals surface area contributed by atoms with Crippen LogP contribution in [0, 0.1) is 5.92 Å². The molecule has 0 rings (SSSR count). The molecule has 0 saturated heterocycles. The van der Waals surface area contributed by atoms with E-state index < -0.39 is 0 Å². The Labute approximate surface area is 77.1 Å². The van der Waals surface area contributed by atoms with E-state index in [1.54, 1.807) is 0 Å². The fraction of sp³-hybridized carbons (Fsp3) is 1.00. The van der Waals surface area contributed by atoms with E-state index in [1.165, 1.54) is 0 Å². The minimum absolute atomic E-state index is 0.573. The van der Waals surface area contributed by atoms with E-state index in [1.807, 2.05) is 0 Å². The third-order valence-corrected chi connectivity index (χ3v) is 1.62. The van der Waals surface area contributed by atoms with Crippen molar-refractivity contribution in [2.75, 3.05) is 13.1 Å². The average molecular weight is 172 g/mol. The van der Waals surface area contributed by atoms with E-state index in [0.29, 0.717) is 12.1 Å². The Morgan fingerprint density at radius 2 is 1.50 bits per heavy atom. The molecule has 0 aliphatic rings. The predicted molar refractivity (Wildman–Crippen MR) is 55.4 cm³/mol. The van der Waals surface area contributed by atoms with Crippen molar-refractivity contribution in [2.24, 2.45) is 5.92 Å². The van der Waals surface area contributed by atoms with E-state index in [2.05, 4.69) is 45.3 Å². The molecular formula is C10H24N2. The molecule has 2 N–H and O–H groups in total. The zero-order valence-electron chi connectivity index (χ0n) is 9.15. The molecule has 0 bridgehead atoms. The molecule has 74 valence electrons. The maximum atomic E-state index is 3.45. The van der Waals surface area contributed by atoms with Gasteiger partial charge in [-0.3, -0.25) is 0 Å². The van der Waals surface area contributed by atoms with Gasteiger partial charge in [-0.1, -0.05) is 27.7 Å². The van der Waals surface area contributed by atoms with Gasteiger partial charge in [-0.25, -0.2) is 0 Å². The van der Waals surface area contributed by atoms with Crippen LogP contribution in [0.25, 0.3) is 0 Å². The molecule has 0 saturated carbocycles. The van der Waals surface area contributed by atoms with Crippen molar-refractivity contribution in [3.63, 3.8) is 0 Å². The summed E-state index contributed by atoms with van der Waals surface area (Å²) in [5.41, 5.74) is 0. The Morgan fingerprint density at radius 1 is 0.917 bits per heavy atom. The van der Waals surface area contributed by atoms with E-state index in [0.717, 1.165) is 19.0 Å². The molecule has 1 atom stereocenters. The van der Waals surface area contributed by atoms with Gasteiger partial charge in [-0.2, -0.15) is 0 Å². The van der Waals surface area contributed by atoms with Gasteiger partial charge in [0.05, 0.1) is 0 Å². The van der Waals surface area contributed by atoms with Crippen LogP contribution in [0.1, 0.15) is 34.6 Å². The van der Waals surface area contributed by atoms with Gasteiger partial charge in [-0.15, -0.1) is 0 Å². The lowest BCUT2D eigenvalue weighted by Gasteiger charge is -2.17. The molecule has 0 aromatic rings. The predicted octanol–water partition coefficient (Wildman–Crippen LogP) is 1.62. The minimum atomic E-state index is 0.573. The standard InChI is InChI=1S/C10H24N2/c1-8(2)6-11-7-10(5)12-9(3)4/h8-12H,6-7H2,1-5H3. The number of rotatable bonds is 6. The van der Waals surface area contributed by atoms with Gasteiger partial charge >= 0.3 is 0 Å². The topological polar surface area (TPSA) is 24.1 Å². The van der Waals surface area contributed by atoms with Crippen LogP contribution >= 0.6 is 0 Å². The molecule has 0 fully saturated rings. The first-order valence-corrected chi connectivity index (χ1v) is 4.99. The number of hydrogen-bond donors (Lipinski definition) is 2. The summed E-state index contributed by atoms with van der Waals surface area (Å²) in [6.07, 6.45) is 0. The molecule has 0 aliphatic heterocycles. The Morgan fingerprint density at radius 3 is 1.92 bits per heavy atom. The highest BCUT2D eigenvalue weighted by Crippen LogP contribution is 1.88. The molecule has 12 heavy (non-hydrogen) atoms. The summed E-state index contributed by atoms with van der Waals surface area (Å²) < 4.78 is 0. The largest absolute Gasteiger partial charge is 0.315 e. The summed E-state index contributed by atoms with van der Waals surface area (Å²) in [6, 6.07) is 1.16. The van der Waals surface area contributed by atoms with Crippen LogP contribution in [0.4, 0.5) is 0 Å². The molecule has 2 heteroatoms. The summed E-state index contributed by atoms with van der Waals surface area (Å²) in [6.45, 7) is 13.2. The third kappa shape index (κ3) is 8.02. The highest BCUT2D eigenvalue weighted by Gasteiger charge is 2.02. The van der Waals surface area contributed by atoms with E-state index in [9.17, 15) is 0 Å². The summed E-state index contributed by atoms with van der Waals surface area (Å²) in [5, 5.41) is 6.88. The Bertz CT molecular complexity index is 100. The van der Waals surface area contributed by atoms with Gasteiger partial charge in [0, 0.05) is 18.6 Å². The fourth-order valence-corrected chi connectivity index (χ4v) is 1.22. The van der Waals surface area contributed by atoms with Crippen molar-refractivity contribution in [1.82, 2.24) is 10.6 Å². The molecule has 0 aliphatic carbocycles. The minimum Gasteiger partial charge on any atom is -0.315 e. The second-order valence-electron chi connectivity index (χ2n) is 4.27. The average Bonchev–Trinajstić information content (AvgIpc) is 1.84. The van der Waals surface area contributed by atoms with Crippen LogP contribution in [-0.4, -0.2) is 25.2 Å². The van der Waals surface area contributed by atoms with Crippen molar-refractivity contribution < 1.29 is 0 Å². The van der Waals surface area contributed by atoms with Crippen molar-refractivity contribution in [1.29, 1.82) is 0 Å². The highest BCUT2D eigenvalue weighted by atomic mass is 15.0. The van der Waals surface area contributed by atoms with Crippen LogP contribution in [0.3, 0.4) is 0 Å². The first kappa shape index (κ1) is 11.9. The first-order valence-electron chi connectivity index (χ1n) is 4.99. The smallest absolute Gasteiger partial charge is 0.0166 e. The number of nitrogens with one attached hydrogen (secondary N) is 2. The summed E-state index contributed by atoms with van der Waals surface area (Å²) in [7, 11) is 0. The van der Waals surface area contributed by atoms with Gasteiger partial charge in [0.15, 0.2) is 0 Å². The SMILES string of the molecule is CC(C)CNCC(C)NC(C)C. The monoisotopic (exact) mass is 172 g/mol. The molecule has 0 heterocycles. The quantitative estimate of drug-likeness (QED) is 0.636. The Kier molecular flexibility index (Phi) is 6.39. The van der Waals surface area contributed by atoms with Crippen LogP contribution in [0.5, 0.6) is 0 Å². The van der Waals surface area contributed by atoms with Crippen molar-refractivity contribution in [3.8, 4) is 0 Å². The number of hydrogen-bond acceptors (Lipinski definition) is 2. The molecular weight excluding hydrogens is 148 g/mol. The molecule has 2 nitrogen and oxygen atoms in total. The summed E-state index contributed by atoms with van der Waals surface area (Å²) in [4.78, 5) is 0. The Balaban J connectivity index is 3.25. The molecule has 0 spiro atoms. The van der Waals surface area contributed by atoms with Crippen molar-refractivity contribution in [3.05, 3.63) is 0 Å². The van der Waals surface area contributed by atoms with Gasteiger partial charge in [0.1, 0.15) is 0 Å². The van der Waals surface area contributed by atoms with E-state index in [-0.39, 0.29) is 0 Å². The van der Waals surface area contributed by atoms with Crippen LogP contribution in [0.2, 0.25) is 0 Å². The lowest BCUT2D eigenvalue weighted by molar-refractivity contribution is 0.443. The summed E-state index contributed by atoms with van der Waals surface area (Å²) in [5.74, 6) is 0.747. The van der Waals surface area contributed by atoms with Crippen LogP contribution in [0.15, 0.2) is 0 Å². The Hall–Kier alpha value is -0.0800. The second-order valence-corrected chi connectivity index (χ2v) is 4.27. The zero-order valence-corrected chi connectivity index (χ0v) is 9.15. The van der Waals surface area contributed by atoms with Gasteiger partial charge < -0.3 is 10.6 Å². The second kappa shape index (κ2) is 6.44.